The number of hydrogen-bond acceptors (Lipinski definition) is 4. The Morgan fingerprint density at radius 2 is 1.78 bits per heavy atom. The highest BCUT2D eigenvalue weighted by molar-refractivity contribution is 7.91. The summed E-state index contributed by atoms with van der Waals surface area (Å²) in [5.74, 6) is -3.41. The van der Waals surface area contributed by atoms with Gasteiger partial charge in [-0.2, -0.15) is 8.78 Å². The molecule has 0 aromatic heterocycles. The highest BCUT2D eigenvalue weighted by atomic mass is 32.2. The summed E-state index contributed by atoms with van der Waals surface area (Å²) in [6, 6.07) is 5.17. The number of hydrogen-bond donors (Lipinski definition) is 2. The van der Waals surface area contributed by atoms with Crippen LogP contribution in [0.15, 0.2) is 29.2 Å². The number of alkyl halides is 2. The van der Waals surface area contributed by atoms with Crippen molar-refractivity contribution in [2.45, 2.75) is 30.0 Å². The first-order chi connectivity index (χ1) is 8.19. The fourth-order valence-electron chi connectivity index (χ4n) is 1.27. The fraction of sp³-hybridized carbons (Fsp3) is 0.455. The molecule has 1 aromatic rings. The molecule has 0 bridgehead atoms. The van der Waals surface area contributed by atoms with Gasteiger partial charge in [-0.3, -0.25) is 0 Å². The quantitative estimate of drug-likeness (QED) is 0.862. The summed E-state index contributed by atoms with van der Waals surface area (Å²) in [5, 5.41) is 3.07. The molecule has 0 fully saturated rings. The van der Waals surface area contributed by atoms with E-state index in [1.54, 1.807) is 0 Å². The first kappa shape index (κ1) is 14.8. The third-order valence-electron chi connectivity index (χ3n) is 2.41. The van der Waals surface area contributed by atoms with E-state index in [-0.39, 0.29) is 5.54 Å². The van der Waals surface area contributed by atoms with Crippen molar-refractivity contribution in [1.29, 1.82) is 0 Å². The molecular weight excluding hydrogens is 262 g/mol. The minimum atomic E-state index is -4.53. The third-order valence-corrected chi connectivity index (χ3v) is 3.81. The van der Waals surface area contributed by atoms with Crippen LogP contribution < -0.4 is 11.1 Å². The van der Waals surface area contributed by atoms with E-state index >= 15 is 0 Å². The van der Waals surface area contributed by atoms with Crippen LogP contribution in [0.3, 0.4) is 0 Å². The molecule has 0 aliphatic rings. The van der Waals surface area contributed by atoms with Crippen LogP contribution in [0.5, 0.6) is 0 Å². The van der Waals surface area contributed by atoms with E-state index in [4.69, 9.17) is 5.73 Å². The predicted octanol–water partition coefficient (Wildman–Crippen LogP) is 1.83. The molecule has 0 amide bonds. The van der Waals surface area contributed by atoms with E-state index in [0.29, 0.717) is 12.2 Å². The van der Waals surface area contributed by atoms with Gasteiger partial charge in [0, 0.05) is 17.8 Å². The Balaban J connectivity index is 2.94. The van der Waals surface area contributed by atoms with Crippen molar-refractivity contribution in [2.75, 3.05) is 11.9 Å². The summed E-state index contributed by atoms with van der Waals surface area (Å²) in [6.45, 7) is 4.12. The monoisotopic (exact) mass is 278 g/mol. The number of anilines is 1. The minimum Gasteiger partial charge on any atom is -0.379 e. The standard InChI is InChI=1S/C11H16F2N2O2S/c1-11(2,7-14)15-8-3-5-9(6-4-8)18(16,17)10(12)13/h3-6,10,15H,7,14H2,1-2H3. The topological polar surface area (TPSA) is 72.2 Å². The maximum atomic E-state index is 12.3. The second-order valence-electron chi connectivity index (χ2n) is 4.54. The summed E-state index contributed by atoms with van der Waals surface area (Å²) >= 11 is 0. The highest BCUT2D eigenvalue weighted by Gasteiger charge is 2.26. The van der Waals surface area contributed by atoms with Crippen LogP contribution in [-0.2, 0) is 9.84 Å². The lowest BCUT2D eigenvalue weighted by atomic mass is 10.1. The lowest BCUT2D eigenvalue weighted by molar-refractivity contribution is 0.234. The van der Waals surface area contributed by atoms with Gasteiger partial charge in [-0.15, -0.1) is 0 Å². The molecule has 1 rings (SSSR count). The molecule has 7 heteroatoms. The molecule has 0 radical (unpaired) electrons. The average Bonchev–Trinajstić information content (AvgIpc) is 2.29. The predicted molar refractivity (Wildman–Crippen MR) is 66.4 cm³/mol. The SMILES string of the molecule is CC(C)(CN)Nc1ccc(S(=O)(=O)C(F)F)cc1. The molecule has 0 aliphatic heterocycles. The molecule has 0 spiro atoms. The van der Waals surface area contributed by atoms with Crippen molar-refractivity contribution in [2.24, 2.45) is 5.73 Å². The van der Waals surface area contributed by atoms with Gasteiger partial charge in [0.25, 0.3) is 0 Å². The molecule has 0 saturated carbocycles. The number of nitrogens with one attached hydrogen (secondary N) is 1. The van der Waals surface area contributed by atoms with E-state index in [1.807, 2.05) is 13.8 Å². The van der Waals surface area contributed by atoms with Crippen molar-refractivity contribution < 1.29 is 17.2 Å². The molecule has 0 atom stereocenters. The van der Waals surface area contributed by atoms with Crippen molar-refractivity contribution >= 4 is 15.5 Å². The molecule has 0 saturated heterocycles. The van der Waals surface area contributed by atoms with Crippen LogP contribution in [0.25, 0.3) is 0 Å². The summed E-state index contributed by atoms with van der Waals surface area (Å²) < 4.78 is 47.0. The van der Waals surface area contributed by atoms with E-state index in [0.717, 1.165) is 12.1 Å². The summed E-state index contributed by atoms with van der Waals surface area (Å²) in [6.07, 6.45) is 0. The molecule has 0 unspecified atom stereocenters. The van der Waals surface area contributed by atoms with Gasteiger partial charge < -0.3 is 11.1 Å². The minimum absolute atomic E-state index is 0.358. The molecule has 0 heterocycles. The summed E-state index contributed by atoms with van der Waals surface area (Å²) in [4.78, 5) is -0.395. The van der Waals surface area contributed by atoms with Gasteiger partial charge in [0.2, 0.25) is 9.84 Å². The largest absolute Gasteiger partial charge is 0.379 e. The van der Waals surface area contributed by atoms with Crippen LogP contribution in [-0.4, -0.2) is 26.3 Å². The first-order valence-corrected chi connectivity index (χ1v) is 6.84. The fourth-order valence-corrected chi connectivity index (χ4v) is 1.99. The zero-order valence-electron chi connectivity index (χ0n) is 10.2. The Kier molecular flexibility index (Phi) is 4.28. The molecule has 0 aliphatic carbocycles. The van der Waals surface area contributed by atoms with E-state index in [2.05, 4.69) is 5.32 Å². The zero-order valence-corrected chi connectivity index (χ0v) is 11.0. The van der Waals surface area contributed by atoms with Crippen molar-refractivity contribution in [3.8, 4) is 0 Å². The van der Waals surface area contributed by atoms with E-state index in [1.165, 1.54) is 12.1 Å². The van der Waals surface area contributed by atoms with E-state index in [9.17, 15) is 17.2 Å². The van der Waals surface area contributed by atoms with Gasteiger partial charge in [0.15, 0.2) is 0 Å². The third kappa shape index (κ3) is 3.39. The number of sulfone groups is 1. The van der Waals surface area contributed by atoms with Gasteiger partial charge in [0.1, 0.15) is 0 Å². The van der Waals surface area contributed by atoms with Crippen LogP contribution in [0.4, 0.5) is 14.5 Å². The zero-order chi connectivity index (χ0) is 14.0. The van der Waals surface area contributed by atoms with Gasteiger partial charge in [-0.05, 0) is 38.1 Å². The Morgan fingerprint density at radius 1 is 1.28 bits per heavy atom. The molecule has 102 valence electrons. The lowest BCUT2D eigenvalue weighted by Crippen LogP contribution is -2.39. The van der Waals surface area contributed by atoms with Crippen molar-refractivity contribution in [3.05, 3.63) is 24.3 Å². The van der Waals surface area contributed by atoms with Crippen molar-refractivity contribution in [3.63, 3.8) is 0 Å². The maximum absolute atomic E-state index is 12.3. The Morgan fingerprint density at radius 3 is 2.17 bits per heavy atom. The smallest absolute Gasteiger partial charge is 0.341 e. The van der Waals surface area contributed by atoms with Crippen LogP contribution in [0.1, 0.15) is 13.8 Å². The number of benzene rings is 1. The molecule has 3 N–H and O–H groups in total. The maximum Gasteiger partial charge on any atom is 0.341 e. The molecule has 18 heavy (non-hydrogen) atoms. The molecule has 4 nitrogen and oxygen atoms in total. The summed E-state index contributed by atoms with van der Waals surface area (Å²) in [7, 11) is -4.53. The van der Waals surface area contributed by atoms with Crippen molar-refractivity contribution in [1.82, 2.24) is 0 Å². The Bertz CT molecular complexity index is 498. The summed E-state index contributed by atoms with van der Waals surface area (Å²) in [5.41, 5.74) is 5.80. The molecular formula is C11H16F2N2O2S. The second-order valence-corrected chi connectivity index (χ2v) is 6.46. The first-order valence-electron chi connectivity index (χ1n) is 5.29. The number of halogens is 2. The second kappa shape index (κ2) is 5.19. The average molecular weight is 278 g/mol. The Labute approximate surface area is 105 Å². The van der Waals surface area contributed by atoms with Crippen LogP contribution in [0, 0.1) is 0 Å². The van der Waals surface area contributed by atoms with Crippen LogP contribution in [0.2, 0.25) is 0 Å². The normalized spacial score (nSPS) is 12.8. The van der Waals surface area contributed by atoms with Gasteiger partial charge in [0.05, 0.1) is 4.90 Å². The number of rotatable bonds is 5. The molecule has 1 aromatic carbocycles. The Hall–Kier alpha value is -1.21. The van der Waals surface area contributed by atoms with E-state index < -0.39 is 20.5 Å². The number of nitrogens with two attached hydrogens (primary N) is 1. The van der Waals surface area contributed by atoms with Gasteiger partial charge in [-0.25, -0.2) is 8.42 Å². The van der Waals surface area contributed by atoms with Crippen LogP contribution >= 0.6 is 0 Å². The van der Waals surface area contributed by atoms with Gasteiger partial charge in [-0.1, -0.05) is 0 Å². The highest BCUT2D eigenvalue weighted by Crippen LogP contribution is 2.21. The van der Waals surface area contributed by atoms with Gasteiger partial charge >= 0.3 is 5.76 Å². The lowest BCUT2D eigenvalue weighted by Gasteiger charge is -2.25.